The maximum atomic E-state index is 11.8. The van der Waals surface area contributed by atoms with Gasteiger partial charge < -0.3 is 4.74 Å². The second-order valence-electron chi connectivity index (χ2n) is 4.71. The smallest absolute Gasteiger partial charge is 0.348 e. The molecule has 0 N–H and O–H groups in total. The summed E-state index contributed by atoms with van der Waals surface area (Å²) >= 11 is 1.63. The summed E-state index contributed by atoms with van der Waals surface area (Å²) in [5.41, 5.74) is 1.39. The van der Waals surface area contributed by atoms with Crippen LogP contribution in [0.3, 0.4) is 0 Å². The van der Waals surface area contributed by atoms with Crippen LogP contribution in [0.2, 0.25) is 0 Å². The summed E-state index contributed by atoms with van der Waals surface area (Å²) in [6.07, 6.45) is 5.68. The highest BCUT2D eigenvalue weighted by molar-refractivity contribution is 7.14. The highest BCUT2D eigenvalue weighted by Crippen LogP contribution is 2.33. The van der Waals surface area contributed by atoms with Crippen LogP contribution in [-0.2, 0) is 17.6 Å². The zero-order chi connectivity index (χ0) is 12.3. The molecule has 1 atom stereocenters. The van der Waals surface area contributed by atoms with Gasteiger partial charge in [-0.05, 0) is 43.2 Å². The van der Waals surface area contributed by atoms with E-state index in [1.165, 1.54) is 23.3 Å². The molecule has 0 saturated heterocycles. The predicted molar refractivity (Wildman–Crippen MR) is 70.7 cm³/mol. The molecule has 0 spiro atoms. The lowest BCUT2D eigenvalue weighted by molar-refractivity contribution is 0.0511. The van der Waals surface area contributed by atoms with Gasteiger partial charge in [0.25, 0.3) is 0 Å². The number of esters is 1. The molecular weight excluding hydrogens is 232 g/mol. The molecule has 1 aliphatic rings. The SMILES string of the molecule is CCCOC(=O)c1cc2c(s1)CC[C@@H](CC)C2. The Labute approximate surface area is 107 Å². The van der Waals surface area contributed by atoms with Crippen molar-refractivity contribution in [3.8, 4) is 0 Å². The van der Waals surface area contributed by atoms with E-state index in [1.807, 2.05) is 6.92 Å². The first kappa shape index (κ1) is 12.6. The normalized spacial score (nSPS) is 18.8. The number of ether oxygens (including phenoxy) is 1. The summed E-state index contributed by atoms with van der Waals surface area (Å²) in [6, 6.07) is 2.06. The summed E-state index contributed by atoms with van der Waals surface area (Å²) < 4.78 is 5.18. The van der Waals surface area contributed by atoms with E-state index in [-0.39, 0.29) is 5.97 Å². The van der Waals surface area contributed by atoms with Crippen molar-refractivity contribution < 1.29 is 9.53 Å². The highest BCUT2D eigenvalue weighted by Gasteiger charge is 2.22. The number of thiophene rings is 1. The van der Waals surface area contributed by atoms with E-state index >= 15 is 0 Å². The minimum atomic E-state index is -0.140. The second kappa shape index (κ2) is 5.67. The van der Waals surface area contributed by atoms with E-state index in [2.05, 4.69) is 13.0 Å². The Morgan fingerprint density at radius 1 is 1.53 bits per heavy atom. The van der Waals surface area contributed by atoms with Crippen molar-refractivity contribution in [3.05, 3.63) is 21.4 Å². The second-order valence-corrected chi connectivity index (χ2v) is 5.85. The molecule has 0 unspecified atom stereocenters. The lowest BCUT2D eigenvalue weighted by Crippen LogP contribution is -2.10. The molecule has 1 heterocycles. The number of aryl methyl sites for hydroxylation is 1. The molecule has 0 bridgehead atoms. The zero-order valence-electron chi connectivity index (χ0n) is 10.6. The molecule has 3 heteroatoms. The van der Waals surface area contributed by atoms with E-state index in [1.54, 1.807) is 11.3 Å². The fraction of sp³-hybridized carbons (Fsp3) is 0.643. The van der Waals surface area contributed by atoms with Crippen molar-refractivity contribution >= 4 is 17.3 Å². The first-order valence-corrected chi connectivity index (χ1v) is 7.35. The third-order valence-electron chi connectivity index (χ3n) is 3.40. The zero-order valence-corrected chi connectivity index (χ0v) is 11.4. The highest BCUT2D eigenvalue weighted by atomic mass is 32.1. The quantitative estimate of drug-likeness (QED) is 0.761. The van der Waals surface area contributed by atoms with Crippen LogP contribution >= 0.6 is 11.3 Å². The van der Waals surface area contributed by atoms with E-state index < -0.39 is 0 Å². The Morgan fingerprint density at radius 3 is 3.06 bits per heavy atom. The van der Waals surface area contributed by atoms with Crippen molar-refractivity contribution in [1.29, 1.82) is 0 Å². The van der Waals surface area contributed by atoms with Gasteiger partial charge in [-0.15, -0.1) is 11.3 Å². The maximum absolute atomic E-state index is 11.8. The van der Waals surface area contributed by atoms with E-state index in [0.29, 0.717) is 6.61 Å². The summed E-state index contributed by atoms with van der Waals surface area (Å²) in [7, 11) is 0. The van der Waals surface area contributed by atoms with Crippen molar-refractivity contribution in [2.24, 2.45) is 5.92 Å². The number of rotatable bonds is 4. The topological polar surface area (TPSA) is 26.3 Å². The van der Waals surface area contributed by atoms with Crippen LogP contribution in [0.5, 0.6) is 0 Å². The van der Waals surface area contributed by atoms with E-state index in [9.17, 15) is 4.79 Å². The standard InChI is InChI=1S/C14H20O2S/c1-3-7-16-14(15)13-9-11-8-10(4-2)5-6-12(11)17-13/h9-10H,3-8H2,1-2H3/t10-/m1/s1. The van der Waals surface area contributed by atoms with Gasteiger partial charge in [-0.2, -0.15) is 0 Å². The van der Waals surface area contributed by atoms with Gasteiger partial charge in [-0.1, -0.05) is 20.3 Å². The molecule has 94 valence electrons. The number of hydrogen-bond acceptors (Lipinski definition) is 3. The first-order chi connectivity index (χ1) is 8.24. The molecule has 0 radical (unpaired) electrons. The lowest BCUT2D eigenvalue weighted by Gasteiger charge is -2.19. The van der Waals surface area contributed by atoms with Crippen LogP contribution in [0.25, 0.3) is 0 Å². The maximum Gasteiger partial charge on any atom is 0.348 e. The summed E-state index contributed by atoms with van der Waals surface area (Å²) in [5, 5.41) is 0. The number of hydrogen-bond donors (Lipinski definition) is 0. The van der Waals surface area contributed by atoms with Gasteiger partial charge in [0.2, 0.25) is 0 Å². The number of carbonyl (C=O) groups is 1. The molecule has 0 fully saturated rings. The number of carbonyl (C=O) groups excluding carboxylic acids is 1. The molecule has 0 saturated carbocycles. The van der Waals surface area contributed by atoms with Gasteiger partial charge >= 0.3 is 5.97 Å². The summed E-state index contributed by atoms with van der Waals surface area (Å²) in [4.78, 5) is 14.0. The molecule has 2 nitrogen and oxygen atoms in total. The van der Waals surface area contributed by atoms with Gasteiger partial charge in [-0.25, -0.2) is 4.79 Å². The lowest BCUT2D eigenvalue weighted by atomic mass is 9.87. The van der Waals surface area contributed by atoms with Crippen molar-refractivity contribution in [1.82, 2.24) is 0 Å². The first-order valence-electron chi connectivity index (χ1n) is 6.53. The summed E-state index contributed by atoms with van der Waals surface area (Å²) in [6.45, 7) is 4.79. The van der Waals surface area contributed by atoms with Crippen molar-refractivity contribution in [3.63, 3.8) is 0 Å². The van der Waals surface area contributed by atoms with Gasteiger partial charge in [0.1, 0.15) is 4.88 Å². The monoisotopic (exact) mass is 252 g/mol. The van der Waals surface area contributed by atoms with Crippen LogP contribution < -0.4 is 0 Å². The fourth-order valence-corrected chi connectivity index (χ4v) is 3.42. The minimum absolute atomic E-state index is 0.140. The molecule has 1 aromatic heterocycles. The molecular formula is C14H20O2S. The largest absolute Gasteiger partial charge is 0.462 e. The van der Waals surface area contributed by atoms with Gasteiger partial charge in [-0.3, -0.25) is 0 Å². The Kier molecular flexibility index (Phi) is 4.21. The molecule has 1 aromatic rings. The van der Waals surface area contributed by atoms with Gasteiger partial charge in [0, 0.05) is 4.88 Å². The fourth-order valence-electron chi connectivity index (χ4n) is 2.31. The van der Waals surface area contributed by atoms with Crippen molar-refractivity contribution in [2.45, 2.75) is 46.0 Å². The minimum Gasteiger partial charge on any atom is -0.462 e. The summed E-state index contributed by atoms with van der Waals surface area (Å²) in [5.74, 6) is 0.663. The van der Waals surface area contributed by atoms with Gasteiger partial charge in [0.05, 0.1) is 6.61 Å². The predicted octanol–water partition coefficient (Wildman–Crippen LogP) is 3.83. The van der Waals surface area contributed by atoms with E-state index in [0.717, 1.165) is 30.1 Å². The molecule has 2 rings (SSSR count). The molecule has 0 aliphatic heterocycles. The molecule has 0 amide bonds. The third-order valence-corrected chi connectivity index (χ3v) is 4.62. The Bertz CT molecular complexity index is 395. The number of fused-ring (bicyclic) bond motifs is 1. The average Bonchev–Trinajstić information content (AvgIpc) is 2.78. The van der Waals surface area contributed by atoms with Crippen LogP contribution in [0.1, 0.15) is 53.2 Å². The molecule has 17 heavy (non-hydrogen) atoms. The van der Waals surface area contributed by atoms with Crippen LogP contribution in [0.15, 0.2) is 6.07 Å². The molecule has 0 aromatic carbocycles. The van der Waals surface area contributed by atoms with Crippen LogP contribution in [-0.4, -0.2) is 12.6 Å². The Balaban J connectivity index is 2.07. The molecule has 1 aliphatic carbocycles. The van der Waals surface area contributed by atoms with Crippen LogP contribution in [0, 0.1) is 5.92 Å². The van der Waals surface area contributed by atoms with Crippen molar-refractivity contribution in [2.75, 3.05) is 6.61 Å². The third kappa shape index (κ3) is 2.89. The Morgan fingerprint density at radius 2 is 2.35 bits per heavy atom. The van der Waals surface area contributed by atoms with Crippen LogP contribution in [0.4, 0.5) is 0 Å². The van der Waals surface area contributed by atoms with Gasteiger partial charge in [0.15, 0.2) is 0 Å². The van der Waals surface area contributed by atoms with E-state index in [4.69, 9.17) is 4.74 Å². The average molecular weight is 252 g/mol. The Hall–Kier alpha value is -0.830.